The highest BCUT2D eigenvalue weighted by Crippen LogP contribution is 2.43. The lowest BCUT2D eigenvalue weighted by Gasteiger charge is -2.19. The van der Waals surface area contributed by atoms with Gasteiger partial charge in [-0.3, -0.25) is 18.6 Å². The van der Waals surface area contributed by atoms with Crippen LogP contribution < -0.4 is 5.73 Å². The van der Waals surface area contributed by atoms with Crippen LogP contribution in [0.2, 0.25) is 0 Å². The van der Waals surface area contributed by atoms with Crippen molar-refractivity contribution in [3.63, 3.8) is 0 Å². The zero-order valence-corrected chi connectivity index (χ0v) is 38.8. The Balaban J connectivity index is 3.99. The predicted molar refractivity (Wildman–Crippen MR) is 243 cm³/mol. The lowest BCUT2D eigenvalue weighted by molar-refractivity contribution is -0.161. The molecule has 3 N–H and O–H groups in total. The number of phosphoric acid groups is 1. The van der Waals surface area contributed by atoms with Crippen molar-refractivity contribution in [2.75, 3.05) is 26.4 Å². The Kier molecular flexibility index (Phi) is 44.3. The first kappa shape index (κ1) is 56.8. The molecule has 0 bridgehead atoms. The van der Waals surface area contributed by atoms with Crippen molar-refractivity contribution in [3.8, 4) is 0 Å². The zero-order valence-electron chi connectivity index (χ0n) is 37.9. The number of rotatable bonds is 48. The summed E-state index contributed by atoms with van der Waals surface area (Å²) in [6.07, 6.45) is 47.1. The summed E-state index contributed by atoms with van der Waals surface area (Å²) < 4.78 is 32.9. The Hall–Kier alpha value is -1.25. The summed E-state index contributed by atoms with van der Waals surface area (Å²) in [4.78, 5) is 35.0. The van der Waals surface area contributed by atoms with Gasteiger partial charge in [0.15, 0.2) is 6.10 Å². The van der Waals surface area contributed by atoms with E-state index in [1.807, 2.05) is 6.08 Å². The monoisotopic (exact) mass is 844 g/mol. The number of carbonyl (C=O) groups excluding carboxylic acids is 2. The van der Waals surface area contributed by atoms with Crippen LogP contribution in [0.1, 0.15) is 251 Å². The third kappa shape index (κ3) is 44.3. The first-order chi connectivity index (χ1) is 28.3. The van der Waals surface area contributed by atoms with E-state index in [-0.39, 0.29) is 38.6 Å². The summed E-state index contributed by atoms with van der Waals surface area (Å²) in [6.45, 7) is 5.30. The number of allylic oxidation sites excluding steroid dienone is 1. The number of hydrogen-bond acceptors (Lipinski definition) is 8. The van der Waals surface area contributed by atoms with E-state index in [1.165, 1.54) is 186 Å². The SMILES string of the molecule is C=CCCCCCCCCCCCCCCCC(=O)OC[C@H](COP(=O)(O)OCCN)OC(=O)CCCCCCCCCCCCCCCCCCCCCCCC. The van der Waals surface area contributed by atoms with Crippen LogP contribution >= 0.6 is 7.82 Å². The minimum atomic E-state index is -4.37. The molecule has 10 heteroatoms. The molecule has 2 atom stereocenters. The van der Waals surface area contributed by atoms with E-state index < -0.39 is 26.5 Å². The van der Waals surface area contributed by atoms with E-state index in [2.05, 4.69) is 13.5 Å². The molecule has 0 fully saturated rings. The largest absolute Gasteiger partial charge is 0.472 e. The number of ether oxygens (including phenoxy) is 2. The van der Waals surface area contributed by atoms with Crippen LogP contribution in [0.25, 0.3) is 0 Å². The van der Waals surface area contributed by atoms with Gasteiger partial charge in [0, 0.05) is 19.4 Å². The number of phosphoric ester groups is 1. The topological polar surface area (TPSA) is 134 Å². The zero-order chi connectivity index (χ0) is 42.5. The molecule has 0 aliphatic heterocycles. The van der Waals surface area contributed by atoms with Crippen LogP contribution in [0.3, 0.4) is 0 Å². The number of hydrogen-bond donors (Lipinski definition) is 2. The van der Waals surface area contributed by atoms with Gasteiger partial charge in [0.2, 0.25) is 0 Å². The van der Waals surface area contributed by atoms with Crippen LogP contribution in [0, 0.1) is 0 Å². The average Bonchev–Trinajstić information content (AvgIpc) is 3.21. The van der Waals surface area contributed by atoms with Gasteiger partial charge in [-0.1, -0.05) is 218 Å². The molecule has 0 aliphatic rings. The van der Waals surface area contributed by atoms with Gasteiger partial charge in [0.05, 0.1) is 13.2 Å². The Morgan fingerprint density at radius 3 is 1.24 bits per heavy atom. The number of unbranched alkanes of at least 4 members (excludes halogenated alkanes) is 34. The van der Waals surface area contributed by atoms with Crippen molar-refractivity contribution in [1.29, 1.82) is 0 Å². The second-order valence-corrected chi connectivity index (χ2v) is 18.2. The Bertz CT molecular complexity index is 951. The van der Waals surface area contributed by atoms with E-state index in [1.54, 1.807) is 0 Å². The molecule has 1 unspecified atom stereocenters. The standard InChI is InChI=1S/C48H94NO8P/c1-3-5-7-9-11-13-15-17-19-20-21-22-23-24-25-27-29-31-33-35-37-39-41-48(51)57-46(45-56-58(52,53)55-43-42-49)44-54-47(50)40-38-36-34-32-30-28-26-18-16-14-12-10-8-6-4-2/h4,46H,2-3,5-45,49H2,1H3,(H,52,53)/t46-/m1/s1. The van der Waals surface area contributed by atoms with Crippen LogP contribution in [0.15, 0.2) is 12.7 Å². The van der Waals surface area contributed by atoms with E-state index in [4.69, 9.17) is 24.3 Å². The molecule has 0 aromatic heterocycles. The van der Waals surface area contributed by atoms with E-state index in [9.17, 15) is 19.0 Å². The summed E-state index contributed by atoms with van der Waals surface area (Å²) in [6, 6.07) is 0. The minimum Gasteiger partial charge on any atom is -0.462 e. The second-order valence-electron chi connectivity index (χ2n) is 16.8. The summed E-state index contributed by atoms with van der Waals surface area (Å²) >= 11 is 0. The van der Waals surface area contributed by atoms with Crippen molar-refractivity contribution in [3.05, 3.63) is 12.7 Å². The van der Waals surface area contributed by atoms with E-state index in [0.717, 1.165) is 38.5 Å². The highest BCUT2D eigenvalue weighted by Gasteiger charge is 2.26. The fourth-order valence-corrected chi connectivity index (χ4v) is 8.15. The molecule has 0 rings (SSSR count). The fourth-order valence-electron chi connectivity index (χ4n) is 7.38. The van der Waals surface area contributed by atoms with Gasteiger partial charge in [-0.25, -0.2) is 4.57 Å². The van der Waals surface area contributed by atoms with Gasteiger partial charge in [0.25, 0.3) is 0 Å². The van der Waals surface area contributed by atoms with Crippen LogP contribution in [-0.4, -0.2) is 49.3 Å². The Morgan fingerprint density at radius 2 is 0.879 bits per heavy atom. The molecule has 0 amide bonds. The minimum absolute atomic E-state index is 0.0562. The number of esters is 2. The molecule has 0 spiro atoms. The maximum atomic E-state index is 12.6. The number of carbonyl (C=O) groups is 2. The lowest BCUT2D eigenvalue weighted by Crippen LogP contribution is -2.29. The lowest BCUT2D eigenvalue weighted by atomic mass is 10.0. The van der Waals surface area contributed by atoms with Crippen molar-refractivity contribution in [1.82, 2.24) is 0 Å². The molecule has 58 heavy (non-hydrogen) atoms. The van der Waals surface area contributed by atoms with Crippen molar-refractivity contribution in [2.24, 2.45) is 5.73 Å². The van der Waals surface area contributed by atoms with Gasteiger partial charge in [0.1, 0.15) is 6.61 Å². The fraction of sp³-hybridized carbons (Fsp3) is 0.917. The molecule has 0 radical (unpaired) electrons. The third-order valence-electron chi connectivity index (χ3n) is 11.0. The quantitative estimate of drug-likeness (QED) is 0.0266. The van der Waals surface area contributed by atoms with Gasteiger partial charge in [-0.2, -0.15) is 0 Å². The van der Waals surface area contributed by atoms with Crippen molar-refractivity contribution >= 4 is 19.8 Å². The number of nitrogens with two attached hydrogens (primary N) is 1. The van der Waals surface area contributed by atoms with Gasteiger partial charge in [-0.05, 0) is 25.7 Å². The van der Waals surface area contributed by atoms with E-state index >= 15 is 0 Å². The maximum absolute atomic E-state index is 12.6. The molecule has 0 aromatic carbocycles. The van der Waals surface area contributed by atoms with Crippen LogP contribution in [-0.2, 0) is 32.7 Å². The summed E-state index contributed by atoms with van der Waals surface area (Å²) in [7, 11) is -4.37. The van der Waals surface area contributed by atoms with Crippen molar-refractivity contribution in [2.45, 2.75) is 257 Å². The Labute approximate surface area is 358 Å². The van der Waals surface area contributed by atoms with E-state index in [0.29, 0.717) is 6.42 Å². The molecule has 0 saturated carbocycles. The summed E-state index contributed by atoms with van der Waals surface area (Å²) in [5.74, 6) is -0.815. The molecule has 0 aromatic rings. The first-order valence-electron chi connectivity index (χ1n) is 24.6. The average molecular weight is 844 g/mol. The van der Waals surface area contributed by atoms with Gasteiger partial charge < -0.3 is 20.1 Å². The maximum Gasteiger partial charge on any atom is 0.472 e. The molecular formula is C48H94NO8P. The summed E-state index contributed by atoms with van der Waals surface area (Å²) in [5.41, 5.74) is 5.36. The smallest absolute Gasteiger partial charge is 0.462 e. The van der Waals surface area contributed by atoms with Crippen molar-refractivity contribution < 1.29 is 37.6 Å². The molecule has 9 nitrogen and oxygen atoms in total. The Morgan fingerprint density at radius 1 is 0.534 bits per heavy atom. The molecule has 0 heterocycles. The summed E-state index contributed by atoms with van der Waals surface area (Å²) in [5, 5.41) is 0. The van der Waals surface area contributed by atoms with Gasteiger partial charge >= 0.3 is 19.8 Å². The highest BCUT2D eigenvalue weighted by molar-refractivity contribution is 7.47. The molecule has 0 saturated heterocycles. The second kappa shape index (κ2) is 45.3. The highest BCUT2D eigenvalue weighted by atomic mass is 31.2. The molecular weight excluding hydrogens is 750 g/mol. The van der Waals surface area contributed by atoms with Crippen LogP contribution in [0.4, 0.5) is 0 Å². The molecule has 0 aliphatic carbocycles. The third-order valence-corrected chi connectivity index (χ3v) is 12.0. The molecule has 344 valence electrons. The van der Waals surface area contributed by atoms with Crippen LogP contribution in [0.5, 0.6) is 0 Å². The predicted octanol–water partition coefficient (Wildman–Crippen LogP) is 14.6. The van der Waals surface area contributed by atoms with Gasteiger partial charge in [-0.15, -0.1) is 6.58 Å². The first-order valence-corrected chi connectivity index (χ1v) is 26.1. The normalized spacial score (nSPS) is 13.0.